The average molecular weight is 330 g/mol. The quantitative estimate of drug-likeness (QED) is 0.593. The maximum absolute atomic E-state index is 11.2. The van der Waals surface area contributed by atoms with E-state index < -0.39 is 0 Å². The van der Waals surface area contributed by atoms with Crippen LogP contribution in [0.15, 0.2) is 36.8 Å². The van der Waals surface area contributed by atoms with Crippen LogP contribution < -0.4 is 4.90 Å². The SMILES string of the molecule is CN(c1ncccc1[N+](=O)[O-])C1CCN(CCn2cccn2)CC1. The first-order valence-electron chi connectivity index (χ1n) is 8.17. The number of likely N-dealkylation sites (tertiary alicyclic amines) is 1. The Morgan fingerprint density at radius 3 is 2.75 bits per heavy atom. The van der Waals surface area contributed by atoms with Crippen LogP contribution in [-0.4, -0.2) is 57.3 Å². The highest BCUT2D eigenvalue weighted by Crippen LogP contribution is 2.28. The zero-order valence-corrected chi connectivity index (χ0v) is 13.8. The molecule has 0 aromatic carbocycles. The molecule has 128 valence electrons. The van der Waals surface area contributed by atoms with Gasteiger partial charge in [-0.2, -0.15) is 5.10 Å². The summed E-state index contributed by atoms with van der Waals surface area (Å²) in [6.07, 6.45) is 7.33. The fraction of sp³-hybridized carbons (Fsp3) is 0.500. The lowest BCUT2D eigenvalue weighted by Crippen LogP contribution is -2.44. The Morgan fingerprint density at radius 2 is 2.08 bits per heavy atom. The van der Waals surface area contributed by atoms with Crippen molar-refractivity contribution >= 4 is 11.5 Å². The van der Waals surface area contributed by atoms with Crippen LogP contribution >= 0.6 is 0 Å². The van der Waals surface area contributed by atoms with Crippen molar-refractivity contribution in [2.45, 2.75) is 25.4 Å². The van der Waals surface area contributed by atoms with E-state index >= 15 is 0 Å². The highest BCUT2D eigenvalue weighted by atomic mass is 16.6. The van der Waals surface area contributed by atoms with Crippen LogP contribution in [0.2, 0.25) is 0 Å². The van der Waals surface area contributed by atoms with E-state index in [1.54, 1.807) is 18.5 Å². The Kier molecular flexibility index (Phi) is 5.05. The second-order valence-electron chi connectivity index (χ2n) is 6.06. The van der Waals surface area contributed by atoms with Gasteiger partial charge in [0.05, 0.1) is 11.5 Å². The van der Waals surface area contributed by atoms with E-state index in [2.05, 4.69) is 15.0 Å². The van der Waals surface area contributed by atoms with Crippen LogP contribution in [-0.2, 0) is 6.54 Å². The second-order valence-corrected chi connectivity index (χ2v) is 6.06. The zero-order chi connectivity index (χ0) is 16.9. The first-order chi connectivity index (χ1) is 11.6. The van der Waals surface area contributed by atoms with Gasteiger partial charge in [0.25, 0.3) is 0 Å². The van der Waals surface area contributed by atoms with Crippen molar-refractivity contribution in [2.24, 2.45) is 0 Å². The third-order valence-electron chi connectivity index (χ3n) is 4.61. The third-order valence-corrected chi connectivity index (χ3v) is 4.61. The molecule has 0 radical (unpaired) electrons. The molecule has 0 unspecified atom stereocenters. The summed E-state index contributed by atoms with van der Waals surface area (Å²) in [4.78, 5) is 19.4. The Bertz CT molecular complexity index is 667. The predicted octanol–water partition coefficient (Wildman–Crippen LogP) is 1.79. The number of pyridine rings is 1. The Labute approximate surface area is 140 Å². The smallest absolute Gasteiger partial charge is 0.311 e. The molecule has 8 heteroatoms. The monoisotopic (exact) mass is 330 g/mol. The van der Waals surface area contributed by atoms with E-state index in [-0.39, 0.29) is 16.7 Å². The number of anilines is 1. The van der Waals surface area contributed by atoms with Gasteiger partial charge >= 0.3 is 5.69 Å². The van der Waals surface area contributed by atoms with E-state index in [9.17, 15) is 10.1 Å². The zero-order valence-electron chi connectivity index (χ0n) is 13.8. The molecule has 0 bridgehead atoms. The first kappa shape index (κ1) is 16.4. The predicted molar refractivity (Wildman–Crippen MR) is 91.0 cm³/mol. The molecule has 0 atom stereocenters. The van der Waals surface area contributed by atoms with Crippen LogP contribution in [0.4, 0.5) is 11.5 Å². The summed E-state index contributed by atoms with van der Waals surface area (Å²) >= 11 is 0. The molecule has 0 N–H and O–H groups in total. The molecule has 3 heterocycles. The Hall–Kier alpha value is -2.48. The standard InChI is InChI=1S/C16H22N6O2/c1-19(16-15(22(23)24)4-2-7-17-16)14-5-10-20(11-6-14)12-13-21-9-3-8-18-21/h2-4,7-9,14H,5-6,10-13H2,1H3. The molecule has 24 heavy (non-hydrogen) atoms. The number of piperidine rings is 1. The molecule has 1 aliphatic heterocycles. The number of hydrogen-bond donors (Lipinski definition) is 0. The van der Waals surface area contributed by atoms with E-state index in [0.717, 1.165) is 39.0 Å². The fourth-order valence-electron chi connectivity index (χ4n) is 3.18. The van der Waals surface area contributed by atoms with Crippen LogP contribution in [0, 0.1) is 10.1 Å². The van der Waals surface area contributed by atoms with Gasteiger partial charge in [-0.3, -0.25) is 14.8 Å². The topological polar surface area (TPSA) is 80.3 Å². The largest absolute Gasteiger partial charge is 0.351 e. The highest BCUT2D eigenvalue weighted by Gasteiger charge is 2.27. The van der Waals surface area contributed by atoms with Gasteiger partial charge in [0.2, 0.25) is 5.82 Å². The minimum Gasteiger partial charge on any atom is -0.351 e. The maximum atomic E-state index is 11.2. The van der Waals surface area contributed by atoms with Crippen molar-refractivity contribution in [1.29, 1.82) is 0 Å². The molecule has 1 fully saturated rings. The Morgan fingerprint density at radius 1 is 1.29 bits per heavy atom. The normalized spacial score (nSPS) is 16.2. The van der Waals surface area contributed by atoms with Gasteiger partial charge in [-0.1, -0.05) is 0 Å². The summed E-state index contributed by atoms with van der Waals surface area (Å²) in [6.45, 7) is 3.83. The van der Waals surface area contributed by atoms with Gasteiger partial charge in [0.15, 0.2) is 0 Å². The summed E-state index contributed by atoms with van der Waals surface area (Å²) < 4.78 is 1.94. The van der Waals surface area contributed by atoms with E-state index in [1.165, 1.54) is 6.07 Å². The summed E-state index contributed by atoms with van der Waals surface area (Å²) in [5.41, 5.74) is 0.0705. The summed E-state index contributed by atoms with van der Waals surface area (Å²) in [7, 11) is 1.90. The molecule has 1 saturated heterocycles. The molecule has 1 aliphatic rings. The van der Waals surface area contributed by atoms with Crippen molar-refractivity contribution in [3.05, 3.63) is 46.9 Å². The first-order valence-corrected chi connectivity index (χ1v) is 8.17. The molecule has 0 aliphatic carbocycles. The maximum Gasteiger partial charge on any atom is 0.311 e. The number of nitro groups is 1. The molecular weight excluding hydrogens is 308 g/mol. The number of nitrogens with zero attached hydrogens (tertiary/aromatic N) is 6. The summed E-state index contributed by atoms with van der Waals surface area (Å²) in [6, 6.07) is 5.33. The lowest BCUT2D eigenvalue weighted by molar-refractivity contribution is -0.384. The molecule has 0 saturated carbocycles. The molecule has 3 rings (SSSR count). The van der Waals surface area contributed by atoms with Crippen molar-refractivity contribution in [3.8, 4) is 0 Å². The minimum atomic E-state index is -0.363. The number of hydrogen-bond acceptors (Lipinski definition) is 6. The molecule has 2 aromatic rings. The Balaban J connectivity index is 1.55. The van der Waals surface area contributed by atoms with Crippen molar-refractivity contribution in [3.63, 3.8) is 0 Å². The van der Waals surface area contributed by atoms with Crippen LogP contribution in [0.25, 0.3) is 0 Å². The van der Waals surface area contributed by atoms with Gasteiger partial charge in [-0.05, 0) is 25.0 Å². The van der Waals surface area contributed by atoms with E-state index in [4.69, 9.17) is 0 Å². The summed E-state index contributed by atoms with van der Waals surface area (Å²) in [5, 5.41) is 15.4. The van der Waals surface area contributed by atoms with Gasteiger partial charge in [-0.15, -0.1) is 0 Å². The molecular formula is C16H22N6O2. The lowest BCUT2D eigenvalue weighted by atomic mass is 10.0. The highest BCUT2D eigenvalue weighted by molar-refractivity contribution is 5.57. The van der Waals surface area contributed by atoms with Crippen LogP contribution in [0.3, 0.4) is 0 Å². The lowest BCUT2D eigenvalue weighted by Gasteiger charge is -2.37. The molecule has 0 spiro atoms. The van der Waals surface area contributed by atoms with E-state index in [0.29, 0.717) is 5.82 Å². The van der Waals surface area contributed by atoms with Crippen LogP contribution in [0.5, 0.6) is 0 Å². The number of aromatic nitrogens is 3. The van der Waals surface area contributed by atoms with Gasteiger partial charge in [0, 0.05) is 57.4 Å². The molecule has 0 amide bonds. The average Bonchev–Trinajstić information content (AvgIpc) is 3.13. The summed E-state index contributed by atoms with van der Waals surface area (Å²) in [5.74, 6) is 0.456. The second kappa shape index (κ2) is 7.39. The van der Waals surface area contributed by atoms with Gasteiger partial charge in [0.1, 0.15) is 0 Å². The minimum absolute atomic E-state index is 0.0705. The van der Waals surface area contributed by atoms with Gasteiger partial charge in [-0.25, -0.2) is 4.98 Å². The van der Waals surface area contributed by atoms with E-state index in [1.807, 2.05) is 28.9 Å². The van der Waals surface area contributed by atoms with Crippen molar-refractivity contribution < 1.29 is 4.92 Å². The fourth-order valence-corrected chi connectivity index (χ4v) is 3.18. The van der Waals surface area contributed by atoms with Crippen LogP contribution in [0.1, 0.15) is 12.8 Å². The molecule has 8 nitrogen and oxygen atoms in total. The van der Waals surface area contributed by atoms with Gasteiger partial charge < -0.3 is 9.80 Å². The third kappa shape index (κ3) is 3.70. The van der Waals surface area contributed by atoms with Crippen molar-refractivity contribution in [2.75, 3.05) is 31.6 Å². The van der Waals surface area contributed by atoms with Crippen molar-refractivity contribution in [1.82, 2.24) is 19.7 Å². The number of rotatable bonds is 6. The molecule has 2 aromatic heterocycles.